The molecule has 6 heteroatoms. The van der Waals surface area contributed by atoms with Crippen molar-refractivity contribution in [3.8, 4) is 0 Å². The van der Waals surface area contributed by atoms with E-state index in [9.17, 15) is 0 Å². The van der Waals surface area contributed by atoms with Gasteiger partial charge >= 0.3 is 0 Å². The molecular weight excluding hydrogens is 228 g/mol. The van der Waals surface area contributed by atoms with Crippen molar-refractivity contribution in [2.24, 2.45) is 0 Å². The van der Waals surface area contributed by atoms with Crippen molar-refractivity contribution in [2.45, 2.75) is 20.4 Å². The molecule has 18 heavy (non-hydrogen) atoms. The average Bonchev–Trinajstić information content (AvgIpc) is 2.73. The lowest BCUT2D eigenvalue weighted by Gasteiger charge is -2.05. The minimum absolute atomic E-state index is 0.666. The molecule has 2 rings (SSSR count). The van der Waals surface area contributed by atoms with Gasteiger partial charge in [-0.2, -0.15) is 4.98 Å². The molecule has 0 aromatic carbocycles. The Labute approximate surface area is 106 Å². The number of nitrogens with one attached hydrogen (secondary N) is 2. The lowest BCUT2D eigenvalue weighted by Crippen LogP contribution is -2.10. The van der Waals surface area contributed by atoms with Crippen molar-refractivity contribution in [3.05, 3.63) is 29.1 Å². The Morgan fingerprint density at radius 1 is 1.17 bits per heavy atom. The highest BCUT2D eigenvalue weighted by Crippen LogP contribution is 2.09. The van der Waals surface area contributed by atoms with Crippen molar-refractivity contribution >= 4 is 11.9 Å². The van der Waals surface area contributed by atoms with Crippen LogP contribution in [0, 0.1) is 13.8 Å². The number of aromatic amines is 1. The van der Waals surface area contributed by atoms with Gasteiger partial charge < -0.3 is 10.2 Å². The fourth-order valence-electron chi connectivity index (χ4n) is 1.74. The normalized spacial score (nSPS) is 10.4. The number of pyridine rings is 1. The van der Waals surface area contributed by atoms with Gasteiger partial charge in [-0.1, -0.05) is 0 Å². The van der Waals surface area contributed by atoms with Gasteiger partial charge in [0, 0.05) is 32.0 Å². The van der Waals surface area contributed by atoms with Crippen LogP contribution in [-0.4, -0.2) is 34.3 Å². The van der Waals surface area contributed by atoms with Gasteiger partial charge in [-0.15, -0.1) is 5.10 Å². The first-order valence-corrected chi connectivity index (χ1v) is 5.82. The molecule has 2 aromatic heterocycles. The number of anilines is 2. The number of nitrogens with zero attached hydrogens (tertiary/aromatic N) is 4. The quantitative estimate of drug-likeness (QED) is 0.855. The number of hydrogen-bond acceptors (Lipinski definition) is 5. The molecule has 2 aromatic rings. The second-order valence-corrected chi connectivity index (χ2v) is 4.49. The molecule has 0 fully saturated rings. The highest BCUT2D eigenvalue weighted by Gasteiger charge is 2.04. The SMILES string of the molecule is Cc1cc(CNc2nc(N(C)C)n[nH]2)cc(C)n1. The summed E-state index contributed by atoms with van der Waals surface area (Å²) in [6.07, 6.45) is 0. The molecule has 0 bridgehead atoms. The van der Waals surface area contributed by atoms with E-state index in [2.05, 4.69) is 37.6 Å². The standard InChI is InChI=1S/C12H18N6/c1-8-5-10(6-9(2)14-8)7-13-11-15-12(17-16-11)18(3)4/h5-6H,7H2,1-4H3,(H2,13,15,16,17). The van der Waals surface area contributed by atoms with E-state index in [1.54, 1.807) is 0 Å². The monoisotopic (exact) mass is 246 g/mol. The van der Waals surface area contributed by atoms with Crippen molar-refractivity contribution < 1.29 is 0 Å². The molecule has 0 aliphatic carbocycles. The van der Waals surface area contributed by atoms with Crippen molar-refractivity contribution in [1.29, 1.82) is 0 Å². The molecule has 96 valence electrons. The topological polar surface area (TPSA) is 69.7 Å². The maximum Gasteiger partial charge on any atom is 0.245 e. The average molecular weight is 246 g/mol. The number of rotatable bonds is 4. The number of hydrogen-bond donors (Lipinski definition) is 2. The van der Waals surface area contributed by atoms with Crippen LogP contribution < -0.4 is 10.2 Å². The van der Waals surface area contributed by atoms with Crippen molar-refractivity contribution in [2.75, 3.05) is 24.3 Å². The third kappa shape index (κ3) is 2.97. The molecule has 0 unspecified atom stereocenters. The predicted octanol–water partition coefficient (Wildman–Crippen LogP) is 1.49. The van der Waals surface area contributed by atoms with Crippen LogP contribution in [0.25, 0.3) is 0 Å². The van der Waals surface area contributed by atoms with Gasteiger partial charge in [0.25, 0.3) is 0 Å². The summed E-state index contributed by atoms with van der Waals surface area (Å²) in [7, 11) is 3.81. The zero-order valence-electron chi connectivity index (χ0n) is 11.2. The third-order valence-corrected chi connectivity index (χ3v) is 2.47. The molecule has 0 aliphatic rings. The minimum atomic E-state index is 0.666. The lowest BCUT2D eigenvalue weighted by atomic mass is 10.2. The first kappa shape index (κ1) is 12.3. The van der Waals surface area contributed by atoms with Crippen LogP contribution in [0.1, 0.15) is 17.0 Å². The van der Waals surface area contributed by atoms with Gasteiger partial charge in [0.1, 0.15) is 0 Å². The van der Waals surface area contributed by atoms with Crippen molar-refractivity contribution in [1.82, 2.24) is 20.2 Å². The first-order chi connectivity index (χ1) is 8.54. The predicted molar refractivity (Wildman–Crippen MR) is 71.7 cm³/mol. The summed E-state index contributed by atoms with van der Waals surface area (Å²) in [4.78, 5) is 10.5. The van der Waals surface area contributed by atoms with Crippen LogP contribution in [0.2, 0.25) is 0 Å². The van der Waals surface area contributed by atoms with E-state index in [4.69, 9.17) is 0 Å². The van der Waals surface area contributed by atoms with Crippen LogP contribution >= 0.6 is 0 Å². The fraction of sp³-hybridized carbons (Fsp3) is 0.417. The molecule has 0 aliphatic heterocycles. The van der Waals surface area contributed by atoms with Crippen LogP contribution in [0.3, 0.4) is 0 Å². The van der Waals surface area contributed by atoms with E-state index in [1.807, 2.05) is 32.8 Å². The molecule has 2 heterocycles. The summed E-state index contributed by atoms with van der Waals surface area (Å²) in [5.41, 5.74) is 3.24. The molecule has 0 spiro atoms. The van der Waals surface area contributed by atoms with E-state index < -0.39 is 0 Å². The number of aryl methyl sites for hydroxylation is 2. The Bertz CT molecular complexity index is 511. The van der Waals surface area contributed by atoms with Crippen molar-refractivity contribution in [3.63, 3.8) is 0 Å². The van der Waals surface area contributed by atoms with E-state index in [0.29, 0.717) is 18.4 Å². The van der Waals surface area contributed by atoms with Gasteiger partial charge in [-0.25, -0.2) is 5.10 Å². The highest BCUT2D eigenvalue weighted by atomic mass is 15.4. The fourth-order valence-corrected chi connectivity index (χ4v) is 1.74. The first-order valence-electron chi connectivity index (χ1n) is 5.82. The lowest BCUT2D eigenvalue weighted by molar-refractivity contribution is 0.995. The Hall–Kier alpha value is -2.11. The molecule has 0 saturated heterocycles. The molecule has 0 atom stereocenters. The molecule has 0 radical (unpaired) electrons. The highest BCUT2D eigenvalue weighted by molar-refractivity contribution is 5.36. The molecule has 6 nitrogen and oxygen atoms in total. The molecule has 0 saturated carbocycles. The molecular formula is C12H18N6. The van der Waals surface area contributed by atoms with Crippen LogP contribution in [-0.2, 0) is 6.54 Å². The Balaban J connectivity index is 2.02. The van der Waals surface area contributed by atoms with Gasteiger partial charge in [0.05, 0.1) is 0 Å². The van der Waals surface area contributed by atoms with E-state index in [-0.39, 0.29) is 0 Å². The van der Waals surface area contributed by atoms with Crippen LogP contribution in [0.5, 0.6) is 0 Å². The summed E-state index contributed by atoms with van der Waals surface area (Å²) in [6.45, 7) is 4.69. The van der Waals surface area contributed by atoms with Gasteiger partial charge in [-0.05, 0) is 31.5 Å². The largest absolute Gasteiger partial charge is 0.350 e. The van der Waals surface area contributed by atoms with Crippen LogP contribution in [0.4, 0.5) is 11.9 Å². The van der Waals surface area contributed by atoms with Crippen LogP contribution in [0.15, 0.2) is 12.1 Å². The summed E-state index contributed by atoms with van der Waals surface area (Å²) in [5.74, 6) is 1.34. The summed E-state index contributed by atoms with van der Waals surface area (Å²) >= 11 is 0. The summed E-state index contributed by atoms with van der Waals surface area (Å²) < 4.78 is 0. The van der Waals surface area contributed by atoms with Gasteiger partial charge in [0.15, 0.2) is 0 Å². The maximum atomic E-state index is 4.35. The zero-order valence-corrected chi connectivity index (χ0v) is 11.2. The Morgan fingerprint density at radius 3 is 2.39 bits per heavy atom. The second-order valence-electron chi connectivity index (χ2n) is 4.49. The zero-order chi connectivity index (χ0) is 13.1. The second kappa shape index (κ2) is 5.03. The minimum Gasteiger partial charge on any atom is -0.350 e. The molecule has 2 N–H and O–H groups in total. The Kier molecular flexibility index (Phi) is 3.45. The Morgan fingerprint density at radius 2 is 1.83 bits per heavy atom. The van der Waals surface area contributed by atoms with E-state index in [0.717, 1.165) is 11.4 Å². The summed E-state index contributed by atoms with van der Waals surface area (Å²) in [5, 5.41) is 10.1. The number of aromatic nitrogens is 4. The van der Waals surface area contributed by atoms with Gasteiger partial charge in [0.2, 0.25) is 11.9 Å². The third-order valence-electron chi connectivity index (χ3n) is 2.47. The van der Waals surface area contributed by atoms with Gasteiger partial charge in [-0.3, -0.25) is 4.98 Å². The van der Waals surface area contributed by atoms with E-state index >= 15 is 0 Å². The van der Waals surface area contributed by atoms with E-state index in [1.165, 1.54) is 5.56 Å². The number of H-pyrrole nitrogens is 1. The summed E-state index contributed by atoms with van der Waals surface area (Å²) in [6, 6.07) is 4.12. The maximum absolute atomic E-state index is 4.35. The smallest absolute Gasteiger partial charge is 0.245 e. The molecule has 0 amide bonds.